The second-order valence-electron chi connectivity index (χ2n) is 0.513. The van der Waals surface area contributed by atoms with E-state index in [9.17, 15) is 0 Å². The van der Waals surface area contributed by atoms with Crippen LogP contribution in [-0.4, -0.2) is 14.7 Å². The van der Waals surface area contributed by atoms with Gasteiger partial charge in [-0.15, -0.1) is 0 Å². The largest absolute Gasteiger partial charge is 1.00 e. The first kappa shape index (κ1) is 31.1. The van der Waals surface area contributed by atoms with E-state index in [0.29, 0.717) is 0 Å². The van der Waals surface area contributed by atoms with Gasteiger partial charge in [-0.3, -0.25) is 4.70 Å². The molecule has 0 unspecified atom stereocenters. The van der Waals surface area contributed by atoms with Gasteiger partial charge in [0.15, 0.2) is 0 Å². The van der Waals surface area contributed by atoms with Gasteiger partial charge in [-0.1, -0.05) is 7.43 Å². The molecule has 8 heteroatoms. The van der Waals surface area contributed by atoms with Crippen LogP contribution in [0.4, 0.5) is 4.70 Å². The third kappa shape index (κ3) is 212. The summed E-state index contributed by atoms with van der Waals surface area (Å²) in [5.41, 5.74) is 0. The second kappa shape index (κ2) is 12.3. The Morgan fingerprint density at radius 2 is 1.22 bits per heavy atom. The number of phosphoric acid groups is 1. The molecule has 0 aliphatic carbocycles. The zero-order chi connectivity index (χ0) is 4.50. The molecule has 0 saturated carbocycles. The topological polar surface area (TPSA) is 77.8 Å². The smallest absolute Gasteiger partial charge is 1.00 e. The molecule has 0 saturated heterocycles. The molecular weight excluding hydrogens is 200 g/mol. The van der Waals surface area contributed by atoms with Crippen LogP contribution in [0.1, 0.15) is 8.85 Å². The zero-order valence-electron chi connectivity index (χ0n) is 5.05. The molecule has 0 aliphatic rings. The summed E-state index contributed by atoms with van der Waals surface area (Å²) < 4.78 is 8.88. The molecule has 0 aromatic rings. The molecule has 0 aromatic carbocycles. The van der Waals surface area contributed by atoms with Crippen molar-refractivity contribution in [1.29, 1.82) is 0 Å². The van der Waals surface area contributed by atoms with E-state index in [0.717, 1.165) is 0 Å². The fraction of sp³-hybridized carbons (Fsp3) is 1.00. The summed E-state index contributed by atoms with van der Waals surface area (Å²) >= 11 is 0. The first-order chi connectivity index (χ1) is 2.00. The van der Waals surface area contributed by atoms with Crippen LogP contribution in [-0.2, 0) is 23.1 Å². The van der Waals surface area contributed by atoms with Gasteiger partial charge in [-0.2, -0.15) is 0 Å². The van der Waals surface area contributed by atoms with Gasteiger partial charge in [0.05, 0.1) is 0 Å². The molecule has 3 N–H and O–H groups in total. The second-order valence-corrected chi connectivity index (χ2v) is 1.54. The van der Waals surface area contributed by atoms with Crippen LogP contribution in [0.15, 0.2) is 0 Å². The average Bonchev–Trinajstić information content (AvgIpc) is 0.722. The van der Waals surface area contributed by atoms with Crippen molar-refractivity contribution in [3.8, 4) is 0 Å². The molecule has 4 nitrogen and oxygen atoms in total. The molecule has 55 valence electrons. The summed E-state index contributed by atoms with van der Waals surface area (Å²) in [4.78, 5) is 21.6. The van der Waals surface area contributed by atoms with Crippen LogP contribution in [0.2, 0.25) is 0 Å². The van der Waals surface area contributed by atoms with Crippen molar-refractivity contribution in [1.82, 2.24) is 0 Å². The van der Waals surface area contributed by atoms with E-state index in [1.165, 1.54) is 0 Å². The van der Waals surface area contributed by atoms with Crippen molar-refractivity contribution in [2.75, 3.05) is 0 Å². The Bertz CT molecular complexity index is 71.4. The van der Waals surface area contributed by atoms with E-state index in [2.05, 4.69) is 0 Å². The Hall–Kier alpha value is 1.62. The van der Waals surface area contributed by atoms with Crippen molar-refractivity contribution in [2.24, 2.45) is 0 Å². The molecule has 0 atom stereocenters. The van der Waals surface area contributed by atoms with Crippen LogP contribution in [0.3, 0.4) is 0 Å². The molecule has 0 aliphatic heterocycles. The summed E-state index contributed by atoms with van der Waals surface area (Å²) in [6, 6.07) is 0. The molecule has 0 aromatic heterocycles. The molecule has 0 bridgehead atoms. The number of hydrogen-bond donors (Lipinski definition) is 3. The predicted octanol–water partition coefficient (Wildman–Crippen LogP) is -3.03. The number of rotatable bonds is 0. The third-order valence-electron chi connectivity index (χ3n) is 0. The first-order valence-electron chi connectivity index (χ1n) is 0.783. The maximum absolute atomic E-state index is 8.88. The molecule has 0 spiro atoms. The summed E-state index contributed by atoms with van der Waals surface area (Å²) in [5.74, 6) is 0. The Labute approximate surface area is 88.3 Å². The first-order valence-corrected chi connectivity index (χ1v) is 2.35. The van der Waals surface area contributed by atoms with Gasteiger partial charge >= 0.3 is 37.4 Å². The summed E-state index contributed by atoms with van der Waals surface area (Å²) in [6.45, 7) is 0. The van der Waals surface area contributed by atoms with E-state index in [1.807, 2.05) is 0 Å². The van der Waals surface area contributed by atoms with Crippen LogP contribution in [0, 0.1) is 0 Å². The Balaban J connectivity index is -0.00000000800. The maximum atomic E-state index is 8.88. The van der Waals surface area contributed by atoms with Crippen molar-refractivity contribution in [2.45, 2.75) is 7.43 Å². The van der Waals surface area contributed by atoms with E-state index < -0.39 is 7.82 Å². The molecule has 0 rings (SSSR count). The van der Waals surface area contributed by atoms with Crippen LogP contribution < -0.4 is 29.6 Å². The Morgan fingerprint density at radius 3 is 1.22 bits per heavy atom. The van der Waals surface area contributed by atoms with Crippen LogP contribution >= 0.6 is 7.82 Å². The minimum Gasteiger partial charge on any atom is -1.00 e. The molecule has 0 heterocycles. The van der Waals surface area contributed by atoms with E-state index in [-0.39, 0.29) is 61.7 Å². The minimum atomic E-state index is -4.64. The summed E-state index contributed by atoms with van der Waals surface area (Å²) in [7, 11) is -4.64. The SMILES string of the molecule is C.F.O=P(O)(O)O.[H-].[Na+].[V]. The number of hydrogen-bond acceptors (Lipinski definition) is 1. The van der Waals surface area contributed by atoms with Gasteiger partial charge in [0.25, 0.3) is 0 Å². The average molecular weight is 209 g/mol. The summed E-state index contributed by atoms with van der Waals surface area (Å²) in [6.07, 6.45) is 0. The van der Waals surface area contributed by atoms with Crippen molar-refractivity contribution >= 4 is 7.82 Å². The normalized spacial score (nSPS) is 6.56. The Kier molecular flexibility index (Phi) is 42.6. The minimum absolute atomic E-state index is 0. The van der Waals surface area contributed by atoms with Gasteiger partial charge in [0.1, 0.15) is 0 Å². The van der Waals surface area contributed by atoms with Gasteiger partial charge in [0, 0.05) is 18.6 Å². The quantitative estimate of drug-likeness (QED) is 0.293. The fourth-order valence-electron chi connectivity index (χ4n) is 0. The number of halogens is 1. The van der Waals surface area contributed by atoms with E-state index in [1.54, 1.807) is 0 Å². The molecule has 0 fully saturated rings. The summed E-state index contributed by atoms with van der Waals surface area (Å²) in [5, 5.41) is 0. The molecule has 9 heavy (non-hydrogen) atoms. The predicted molar refractivity (Wildman–Crippen MR) is 24.6 cm³/mol. The molecule has 0 amide bonds. The Morgan fingerprint density at radius 1 is 1.22 bits per heavy atom. The molecule has 1 radical (unpaired) electrons. The standard InChI is InChI=1S/CH4.FH.Na.H3O4P.V.H/c;;;1-5(2,3)4;;/h1H4;1H;;(H3,1,2,3,4);;/q;;+1;;;-1. The van der Waals surface area contributed by atoms with Crippen LogP contribution in [0.25, 0.3) is 0 Å². The zero-order valence-corrected chi connectivity index (χ0v) is 8.34. The van der Waals surface area contributed by atoms with Gasteiger partial charge < -0.3 is 16.1 Å². The van der Waals surface area contributed by atoms with Crippen LogP contribution in [0.5, 0.6) is 0 Å². The van der Waals surface area contributed by atoms with Crippen molar-refractivity contribution in [3.05, 3.63) is 0 Å². The fourth-order valence-corrected chi connectivity index (χ4v) is 0. The van der Waals surface area contributed by atoms with E-state index >= 15 is 0 Å². The monoisotopic (exact) mass is 209 g/mol. The molecular formula is CH9FNaO4PV. The van der Waals surface area contributed by atoms with Gasteiger partial charge in [-0.05, 0) is 0 Å². The van der Waals surface area contributed by atoms with Gasteiger partial charge in [0.2, 0.25) is 0 Å². The van der Waals surface area contributed by atoms with Crippen molar-refractivity contribution in [3.63, 3.8) is 0 Å². The van der Waals surface area contributed by atoms with E-state index in [4.69, 9.17) is 19.2 Å². The third-order valence-corrected chi connectivity index (χ3v) is 0. The van der Waals surface area contributed by atoms with Crippen molar-refractivity contribution < 1.29 is 73.5 Å². The van der Waals surface area contributed by atoms with Gasteiger partial charge in [-0.25, -0.2) is 4.57 Å². The maximum Gasteiger partial charge on any atom is 1.00 e.